The number of rotatable bonds is 4. The molecule has 0 saturated heterocycles. The molecule has 0 saturated carbocycles. The molecular weight excluding hydrogens is 428 g/mol. The van der Waals surface area contributed by atoms with E-state index in [1.165, 1.54) is 0 Å². The molecule has 142 valence electrons. The fourth-order valence-corrected chi connectivity index (χ4v) is 4.84. The summed E-state index contributed by atoms with van der Waals surface area (Å²) in [6, 6.07) is 13.7. The van der Waals surface area contributed by atoms with Crippen LogP contribution < -0.4 is 0 Å². The van der Waals surface area contributed by atoms with Crippen LogP contribution in [-0.2, 0) is 16.1 Å². The van der Waals surface area contributed by atoms with Crippen molar-refractivity contribution in [3.05, 3.63) is 83.1 Å². The number of hydrogen-bond acceptors (Lipinski definition) is 2. The third-order valence-electron chi connectivity index (χ3n) is 5.43. The maximum Gasteiger partial charge on any atom is 0.172 e. The third-order valence-corrected chi connectivity index (χ3v) is 6.07. The molecule has 29 heavy (non-hydrogen) atoms. The molecule has 0 amide bonds. The van der Waals surface area contributed by atoms with Gasteiger partial charge in [0, 0.05) is 62.0 Å². The average Bonchev–Trinajstić information content (AvgIpc) is 3.36. The number of halogens is 1. The van der Waals surface area contributed by atoms with E-state index in [9.17, 15) is 9.59 Å². The zero-order valence-corrected chi connectivity index (χ0v) is 17.1. The van der Waals surface area contributed by atoms with Gasteiger partial charge in [-0.25, -0.2) is 0 Å². The fourth-order valence-electron chi connectivity index (χ4n) is 4.25. The number of carbonyl (C=O) groups excluding carboxylic acids is 2. The number of carbonyl (C=O) groups is 2. The Morgan fingerprint density at radius 2 is 1.72 bits per heavy atom. The number of hydrogen-bond donors (Lipinski definition) is 1. The molecule has 0 aliphatic heterocycles. The van der Waals surface area contributed by atoms with E-state index in [4.69, 9.17) is 0 Å². The highest BCUT2D eigenvalue weighted by atomic mass is 79.9. The second kappa shape index (κ2) is 6.71. The summed E-state index contributed by atoms with van der Waals surface area (Å²) in [5.74, 6) is -0.262. The molecule has 0 bridgehead atoms. The van der Waals surface area contributed by atoms with E-state index in [0.29, 0.717) is 17.7 Å². The van der Waals surface area contributed by atoms with Crippen LogP contribution >= 0.6 is 15.9 Å². The second-order valence-corrected chi connectivity index (χ2v) is 8.00. The van der Waals surface area contributed by atoms with Gasteiger partial charge >= 0.3 is 0 Å². The van der Waals surface area contributed by atoms with Crippen LogP contribution in [-0.4, -0.2) is 21.1 Å². The number of Topliss-reactive ketones (excluding diaryl/α,β-unsaturated/α-hetero) is 2. The monoisotopic (exact) mass is 444 g/mol. The van der Waals surface area contributed by atoms with Gasteiger partial charge < -0.3 is 9.55 Å². The predicted octanol–water partition coefficient (Wildman–Crippen LogP) is 5.52. The molecule has 2 aromatic carbocycles. The van der Waals surface area contributed by atoms with E-state index in [1.54, 1.807) is 0 Å². The molecule has 1 aliphatic carbocycles. The molecule has 1 aliphatic rings. The molecule has 0 spiro atoms. The lowest BCUT2D eigenvalue weighted by Gasteiger charge is -2.05. The van der Waals surface area contributed by atoms with Crippen molar-refractivity contribution in [2.24, 2.45) is 0 Å². The quantitative estimate of drug-likeness (QED) is 0.332. The van der Waals surface area contributed by atoms with Crippen LogP contribution in [0.5, 0.6) is 0 Å². The molecule has 0 fully saturated rings. The predicted molar refractivity (Wildman–Crippen MR) is 120 cm³/mol. The van der Waals surface area contributed by atoms with Crippen molar-refractivity contribution in [2.75, 3.05) is 0 Å². The highest BCUT2D eigenvalue weighted by molar-refractivity contribution is 9.10. The van der Waals surface area contributed by atoms with E-state index in [1.807, 2.05) is 60.9 Å². The number of aromatic nitrogens is 2. The van der Waals surface area contributed by atoms with E-state index >= 15 is 0 Å². The Morgan fingerprint density at radius 1 is 1.00 bits per heavy atom. The Hall–Kier alpha value is -3.18. The van der Waals surface area contributed by atoms with Crippen LogP contribution in [0.25, 0.3) is 33.0 Å². The van der Waals surface area contributed by atoms with E-state index in [0.717, 1.165) is 37.4 Å². The largest absolute Gasteiger partial charge is 0.361 e. The van der Waals surface area contributed by atoms with Crippen molar-refractivity contribution in [1.82, 2.24) is 9.55 Å². The SMILES string of the molecule is C=CCn1cc(C2=C(c3c[nH]c4ccccc34)C(=O)CC2=O)c2cccc(Br)c21. The number of allylic oxidation sites excluding steroid dienone is 3. The number of aromatic amines is 1. The molecule has 4 aromatic rings. The smallest absolute Gasteiger partial charge is 0.172 e. The Labute approximate surface area is 175 Å². The van der Waals surface area contributed by atoms with Crippen LogP contribution in [0.4, 0.5) is 0 Å². The highest BCUT2D eigenvalue weighted by Crippen LogP contribution is 2.42. The first-order valence-electron chi connectivity index (χ1n) is 9.36. The summed E-state index contributed by atoms with van der Waals surface area (Å²) in [5.41, 5.74) is 4.51. The van der Waals surface area contributed by atoms with E-state index in [-0.39, 0.29) is 18.0 Å². The van der Waals surface area contributed by atoms with Crippen molar-refractivity contribution in [3.63, 3.8) is 0 Å². The van der Waals surface area contributed by atoms with Gasteiger partial charge in [0.1, 0.15) is 0 Å². The number of para-hydroxylation sites is 2. The second-order valence-electron chi connectivity index (χ2n) is 7.14. The average molecular weight is 445 g/mol. The fraction of sp³-hybridized carbons (Fsp3) is 0.0833. The zero-order chi connectivity index (χ0) is 20.1. The first-order valence-corrected chi connectivity index (χ1v) is 10.1. The normalized spacial score (nSPS) is 14.5. The molecule has 0 unspecified atom stereocenters. The van der Waals surface area contributed by atoms with Gasteiger partial charge in [-0.05, 0) is 28.1 Å². The van der Waals surface area contributed by atoms with Crippen molar-refractivity contribution in [3.8, 4) is 0 Å². The summed E-state index contributed by atoms with van der Waals surface area (Å²) in [6.07, 6.45) is 5.51. The first-order chi connectivity index (χ1) is 14.1. The third kappa shape index (κ3) is 2.65. The zero-order valence-electron chi connectivity index (χ0n) is 15.5. The van der Waals surface area contributed by atoms with Gasteiger partial charge in [0.05, 0.1) is 11.9 Å². The Bertz CT molecular complexity index is 1370. The minimum Gasteiger partial charge on any atom is -0.361 e. The number of benzene rings is 2. The molecular formula is C24H17BrN2O2. The molecule has 2 heterocycles. The van der Waals surface area contributed by atoms with Gasteiger partial charge in [-0.15, -0.1) is 6.58 Å². The number of nitrogens with one attached hydrogen (secondary N) is 1. The number of fused-ring (bicyclic) bond motifs is 2. The minimum atomic E-state index is -0.132. The Morgan fingerprint density at radius 3 is 2.52 bits per heavy atom. The number of ketones is 2. The highest BCUT2D eigenvalue weighted by Gasteiger charge is 2.35. The summed E-state index contributed by atoms with van der Waals surface area (Å²) >= 11 is 3.62. The molecule has 0 atom stereocenters. The van der Waals surface area contributed by atoms with Crippen LogP contribution in [0.2, 0.25) is 0 Å². The summed E-state index contributed by atoms with van der Waals surface area (Å²) in [5, 5.41) is 1.88. The minimum absolute atomic E-state index is 0.0910. The molecule has 2 aromatic heterocycles. The molecule has 1 N–H and O–H groups in total. The van der Waals surface area contributed by atoms with Crippen molar-refractivity contribution < 1.29 is 9.59 Å². The summed E-state index contributed by atoms with van der Waals surface area (Å²) < 4.78 is 2.99. The van der Waals surface area contributed by atoms with Crippen molar-refractivity contribution >= 4 is 60.4 Å². The summed E-state index contributed by atoms with van der Waals surface area (Å²) in [7, 11) is 0. The molecule has 0 radical (unpaired) electrons. The van der Waals surface area contributed by atoms with Gasteiger partial charge in [0.15, 0.2) is 11.6 Å². The van der Waals surface area contributed by atoms with Crippen LogP contribution in [0.15, 0.2) is 72.0 Å². The van der Waals surface area contributed by atoms with Gasteiger partial charge in [0.2, 0.25) is 0 Å². The molecule has 5 heteroatoms. The van der Waals surface area contributed by atoms with Crippen molar-refractivity contribution in [1.29, 1.82) is 0 Å². The van der Waals surface area contributed by atoms with Gasteiger partial charge in [-0.1, -0.05) is 36.4 Å². The number of H-pyrrole nitrogens is 1. The van der Waals surface area contributed by atoms with Crippen LogP contribution in [0.3, 0.4) is 0 Å². The van der Waals surface area contributed by atoms with Crippen LogP contribution in [0.1, 0.15) is 17.5 Å². The van der Waals surface area contributed by atoms with Crippen LogP contribution in [0, 0.1) is 0 Å². The lowest BCUT2D eigenvalue weighted by atomic mass is 9.95. The van der Waals surface area contributed by atoms with Gasteiger partial charge in [0.25, 0.3) is 0 Å². The first kappa shape index (κ1) is 17.9. The maximum absolute atomic E-state index is 13.0. The summed E-state index contributed by atoms with van der Waals surface area (Å²) in [6.45, 7) is 4.45. The van der Waals surface area contributed by atoms with Gasteiger partial charge in [-0.3, -0.25) is 9.59 Å². The Balaban J connectivity index is 1.86. The Kier molecular flexibility index (Phi) is 4.14. The topological polar surface area (TPSA) is 54.9 Å². The van der Waals surface area contributed by atoms with E-state index < -0.39 is 0 Å². The van der Waals surface area contributed by atoms with Gasteiger partial charge in [-0.2, -0.15) is 0 Å². The summed E-state index contributed by atoms with van der Waals surface area (Å²) in [4.78, 5) is 29.1. The number of nitrogens with zero attached hydrogens (tertiary/aromatic N) is 1. The van der Waals surface area contributed by atoms with Crippen molar-refractivity contribution in [2.45, 2.75) is 13.0 Å². The molecule has 5 rings (SSSR count). The lowest BCUT2D eigenvalue weighted by molar-refractivity contribution is -0.119. The maximum atomic E-state index is 13.0. The molecule has 4 nitrogen and oxygen atoms in total. The lowest BCUT2D eigenvalue weighted by Crippen LogP contribution is -1.96. The standard InChI is InChI=1S/C24H17BrN2O2/c1-2-10-27-13-17(15-7-5-8-18(25)24(15)27)23-21(29)11-20(28)22(23)16-12-26-19-9-4-3-6-14(16)19/h2-9,12-13,26H,1,10-11H2. The van der Waals surface area contributed by atoms with E-state index in [2.05, 4.69) is 32.1 Å².